The van der Waals surface area contributed by atoms with Gasteiger partial charge in [0.1, 0.15) is 11.4 Å². The predicted molar refractivity (Wildman–Crippen MR) is 79.8 cm³/mol. The van der Waals surface area contributed by atoms with Crippen molar-refractivity contribution in [3.05, 3.63) is 41.0 Å². The average Bonchev–Trinajstić information content (AvgIpc) is 2.96. The monoisotopic (exact) mass is 286 g/mol. The molecular weight excluding hydrogens is 272 g/mol. The van der Waals surface area contributed by atoms with Gasteiger partial charge in [-0.2, -0.15) is 0 Å². The Labute approximate surface area is 120 Å². The van der Waals surface area contributed by atoms with Gasteiger partial charge in [0.15, 0.2) is 11.2 Å². The molecule has 0 saturated carbocycles. The maximum absolute atomic E-state index is 10.8. The lowest BCUT2D eigenvalue weighted by Crippen LogP contribution is -1.91. The molecule has 0 radical (unpaired) electrons. The van der Waals surface area contributed by atoms with Gasteiger partial charge in [-0.15, -0.1) is 11.3 Å². The van der Waals surface area contributed by atoms with E-state index in [9.17, 15) is 4.79 Å². The summed E-state index contributed by atoms with van der Waals surface area (Å²) in [5.41, 5.74) is 2.63. The van der Waals surface area contributed by atoms with E-state index in [0.717, 1.165) is 28.3 Å². The Hall–Kier alpha value is -2.14. The number of hydrogen-bond donors (Lipinski definition) is 0. The van der Waals surface area contributed by atoms with Crippen LogP contribution in [0.1, 0.15) is 22.3 Å². The molecule has 0 N–H and O–H groups in total. The van der Waals surface area contributed by atoms with Crippen LogP contribution in [0.25, 0.3) is 16.2 Å². The van der Waals surface area contributed by atoms with Gasteiger partial charge in [0.05, 0.1) is 12.3 Å². The SMILES string of the molecule is CCOc1ccc(-c2c(C)sc3nc(C=O)cn23)cc1. The number of rotatable bonds is 4. The number of hydrogen-bond acceptors (Lipinski definition) is 4. The van der Waals surface area contributed by atoms with Crippen LogP contribution in [0.5, 0.6) is 5.75 Å². The third-order valence-electron chi connectivity index (χ3n) is 3.07. The highest BCUT2D eigenvalue weighted by atomic mass is 32.1. The molecule has 0 amide bonds. The number of carbonyl (C=O) groups excluding carboxylic acids is 1. The van der Waals surface area contributed by atoms with Crippen molar-refractivity contribution in [3.63, 3.8) is 0 Å². The Morgan fingerprint density at radius 2 is 2.10 bits per heavy atom. The molecule has 0 spiro atoms. The van der Waals surface area contributed by atoms with Crippen molar-refractivity contribution < 1.29 is 9.53 Å². The topological polar surface area (TPSA) is 43.6 Å². The molecule has 1 aromatic carbocycles. The molecule has 0 unspecified atom stereocenters. The zero-order valence-corrected chi connectivity index (χ0v) is 12.1. The summed E-state index contributed by atoms with van der Waals surface area (Å²) in [4.78, 5) is 17.1. The molecule has 3 rings (SSSR count). The molecule has 2 heterocycles. The third-order valence-corrected chi connectivity index (χ3v) is 4.04. The molecule has 0 bridgehead atoms. The fourth-order valence-corrected chi connectivity index (χ4v) is 3.22. The molecule has 0 fully saturated rings. The quantitative estimate of drug-likeness (QED) is 0.688. The highest BCUT2D eigenvalue weighted by molar-refractivity contribution is 7.17. The minimum Gasteiger partial charge on any atom is -0.494 e. The van der Waals surface area contributed by atoms with Crippen molar-refractivity contribution >= 4 is 22.6 Å². The van der Waals surface area contributed by atoms with Crippen LogP contribution in [0.2, 0.25) is 0 Å². The second-order valence-corrected chi connectivity index (χ2v) is 5.58. The van der Waals surface area contributed by atoms with Crippen LogP contribution in [0.15, 0.2) is 30.5 Å². The van der Waals surface area contributed by atoms with E-state index in [1.807, 2.05) is 35.6 Å². The van der Waals surface area contributed by atoms with Gasteiger partial charge in [-0.3, -0.25) is 9.20 Å². The van der Waals surface area contributed by atoms with E-state index in [2.05, 4.69) is 11.9 Å². The number of aromatic nitrogens is 2. The zero-order chi connectivity index (χ0) is 14.1. The average molecular weight is 286 g/mol. The molecule has 2 aromatic heterocycles. The Morgan fingerprint density at radius 3 is 2.75 bits per heavy atom. The summed E-state index contributed by atoms with van der Waals surface area (Å²) >= 11 is 1.59. The number of benzene rings is 1. The molecule has 3 aromatic rings. The molecule has 20 heavy (non-hydrogen) atoms. The number of thiazole rings is 1. The first-order valence-electron chi connectivity index (χ1n) is 6.40. The van der Waals surface area contributed by atoms with Crippen molar-refractivity contribution in [3.8, 4) is 17.0 Å². The van der Waals surface area contributed by atoms with Gasteiger partial charge in [-0.1, -0.05) is 0 Å². The molecule has 0 aliphatic rings. The standard InChI is InChI=1S/C15H14N2O2S/c1-3-19-13-6-4-11(5-7-13)14-10(2)20-15-16-12(9-18)8-17(14)15/h4-9H,3H2,1-2H3. The number of ether oxygens (including phenoxy) is 1. The number of nitrogens with zero attached hydrogens (tertiary/aromatic N) is 2. The Balaban J connectivity index is 2.10. The highest BCUT2D eigenvalue weighted by Gasteiger charge is 2.13. The fraction of sp³-hybridized carbons (Fsp3) is 0.200. The van der Waals surface area contributed by atoms with E-state index in [-0.39, 0.29) is 0 Å². The van der Waals surface area contributed by atoms with Gasteiger partial charge in [-0.05, 0) is 43.7 Å². The van der Waals surface area contributed by atoms with Gasteiger partial charge in [0.25, 0.3) is 0 Å². The predicted octanol–water partition coefficient (Wildman–Crippen LogP) is 3.58. The van der Waals surface area contributed by atoms with Crippen molar-refractivity contribution in [2.45, 2.75) is 13.8 Å². The lowest BCUT2D eigenvalue weighted by atomic mass is 10.1. The van der Waals surface area contributed by atoms with Crippen LogP contribution >= 0.6 is 11.3 Å². The maximum Gasteiger partial charge on any atom is 0.195 e. The molecule has 5 heteroatoms. The van der Waals surface area contributed by atoms with E-state index < -0.39 is 0 Å². The largest absolute Gasteiger partial charge is 0.494 e. The number of carbonyl (C=O) groups is 1. The van der Waals surface area contributed by atoms with Gasteiger partial charge < -0.3 is 4.74 Å². The van der Waals surface area contributed by atoms with Crippen molar-refractivity contribution in [1.29, 1.82) is 0 Å². The summed E-state index contributed by atoms with van der Waals surface area (Å²) < 4.78 is 7.43. The lowest BCUT2D eigenvalue weighted by Gasteiger charge is -2.05. The third kappa shape index (κ3) is 2.10. The van der Waals surface area contributed by atoms with Crippen LogP contribution in [-0.2, 0) is 0 Å². The van der Waals surface area contributed by atoms with E-state index in [1.165, 1.54) is 4.88 Å². The van der Waals surface area contributed by atoms with Gasteiger partial charge in [0, 0.05) is 11.1 Å². The summed E-state index contributed by atoms with van der Waals surface area (Å²) in [5, 5.41) is 0. The van der Waals surface area contributed by atoms with Crippen LogP contribution in [0.3, 0.4) is 0 Å². The maximum atomic E-state index is 10.8. The van der Waals surface area contributed by atoms with Crippen LogP contribution < -0.4 is 4.74 Å². The zero-order valence-electron chi connectivity index (χ0n) is 11.3. The summed E-state index contributed by atoms with van der Waals surface area (Å²) in [6.45, 7) is 4.68. The molecule has 0 atom stereocenters. The molecule has 4 nitrogen and oxygen atoms in total. The number of aldehydes is 1. The minimum absolute atomic E-state index is 0.462. The normalized spacial score (nSPS) is 10.9. The summed E-state index contributed by atoms with van der Waals surface area (Å²) in [7, 11) is 0. The van der Waals surface area contributed by atoms with Crippen molar-refractivity contribution in [1.82, 2.24) is 9.38 Å². The highest BCUT2D eigenvalue weighted by Crippen LogP contribution is 2.32. The second kappa shape index (κ2) is 5.09. The Bertz CT molecular complexity index is 756. The fourth-order valence-electron chi connectivity index (χ4n) is 2.24. The van der Waals surface area contributed by atoms with Crippen LogP contribution in [0.4, 0.5) is 0 Å². The minimum atomic E-state index is 0.462. The number of aryl methyl sites for hydroxylation is 1. The van der Waals surface area contributed by atoms with Gasteiger partial charge in [-0.25, -0.2) is 4.98 Å². The summed E-state index contributed by atoms with van der Waals surface area (Å²) in [5.74, 6) is 0.861. The first-order valence-corrected chi connectivity index (χ1v) is 7.21. The molecule has 0 saturated heterocycles. The smallest absolute Gasteiger partial charge is 0.195 e. The Morgan fingerprint density at radius 1 is 1.35 bits per heavy atom. The van der Waals surface area contributed by atoms with Crippen molar-refractivity contribution in [2.75, 3.05) is 6.61 Å². The van der Waals surface area contributed by atoms with Crippen LogP contribution in [0, 0.1) is 6.92 Å². The first kappa shape index (κ1) is 12.9. The molecule has 0 aliphatic heterocycles. The molecule has 102 valence electrons. The summed E-state index contributed by atoms with van der Waals surface area (Å²) in [6, 6.07) is 7.97. The molecular formula is C15H14N2O2S. The number of fused-ring (bicyclic) bond motifs is 1. The second-order valence-electron chi connectivity index (χ2n) is 4.40. The number of imidazole rings is 1. The van der Waals surface area contributed by atoms with E-state index in [0.29, 0.717) is 12.3 Å². The van der Waals surface area contributed by atoms with Crippen LogP contribution in [-0.4, -0.2) is 22.3 Å². The molecule has 0 aliphatic carbocycles. The van der Waals surface area contributed by atoms with Crippen molar-refractivity contribution in [2.24, 2.45) is 0 Å². The van der Waals surface area contributed by atoms with Gasteiger partial charge >= 0.3 is 0 Å². The van der Waals surface area contributed by atoms with E-state index in [1.54, 1.807) is 17.5 Å². The van der Waals surface area contributed by atoms with E-state index >= 15 is 0 Å². The van der Waals surface area contributed by atoms with E-state index in [4.69, 9.17) is 4.74 Å². The Kier molecular flexibility index (Phi) is 3.28. The lowest BCUT2D eigenvalue weighted by molar-refractivity contribution is 0.111. The first-order chi connectivity index (χ1) is 9.72. The van der Waals surface area contributed by atoms with Gasteiger partial charge in [0.2, 0.25) is 0 Å². The summed E-state index contributed by atoms with van der Waals surface area (Å²) in [6.07, 6.45) is 2.55.